The highest BCUT2D eigenvalue weighted by Gasteiger charge is 2.46. The molecular weight excluding hydrogens is 303 g/mol. The average Bonchev–Trinajstić information content (AvgIpc) is 2.63. The van der Waals surface area contributed by atoms with Crippen LogP contribution in [0.3, 0.4) is 0 Å². The Balaban J connectivity index is 2.07. The van der Waals surface area contributed by atoms with E-state index in [1.54, 1.807) is 0 Å². The molecule has 22 heavy (non-hydrogen) atoms. The highest BCUT2D eigenvalue weighted by molar-refractivity contribution is 8.07. The molecule has 0 amide bonds. The molecule has 0 spiro atoms. The first-order valence-electron chi connectivity index (χ1n) is 7.35. The molecule has 1 aliphatic heterocycles. The van der Waals surface area contributed by atoms with E-state index in [1.807, 2.05) is 11.8 Å². The molecule has 4 rings (SSSR count). The Labute approximate surface area is 136 Å². The van der Waals surface area contributed by atoms with E-state index in [-0.39, 0.29) is 0 Å². The van der Waals surface area contributed by atoms with E-state index >= 15 is 0 Å². The zero-order valence-corrected chi connectivity index (χ0v) is 13.8. The molecule has 0 saturated carbocycles. The monoisotopic (exact) mass is 319 g/mol. The van der Waals surface area contributed by atoms with Gasteiger partial charge in [0.15, 0.2) is 0 Å². The van der Waals surface area contributed by atoms with Crippen LogP contribution in [0.15, 0.2) is 101 Å². The first kappa shape index (κ1) is 13.8. The Morgan fingerprint density at radius 1 is 0.591 bits per heavy atom. The molecule has 2 heteroatoms. The van der Waals surface area contributed by atoms with Gasteiger partial charge in [-0.2, -0.15) is 0 Å². The van der Waals surface area contributed by atoms with Gasteiger partial charge in [-0.1, -0.05) is 60.3 Å². The first-order valence-corrected chi connectivity index (χ1v) is 10.1. The summed E-state index contributed by atoms with van der Waals surface area (Å²) in [7, 11) is -1.69. The van der Waals surface area contributed by atoms with Crippen molar-refractivity contribution in [2.24, 2.45) is 0 Å². The third-order valence-electron chi connectivity index (χ3n) is 4.05. The lowest BCUT2D eigenvalue weighted by Crippen LogP contribution is -2.31. The van der Waals surface area contributed by atoms with Crippen LogP contribution in [0, 0.1) is 0 Å². The van der Waals surface area contributed by atoms with Gasteiger partial charge in [-0.05, 0) is 36.4 Å². The third kappa shape index (κ3) is 2.13. The zero-order valence-electron chi connectivity index (χ0n) is 12.1. The van der Waals surface area contributed by atoms with Crippen molar-refractivity contribution in [1.29, 1.82) is 0 Å². The summed E-state index contributed by atoms with van der Waals surface area (Å²) < 4.78 is 0. The van der Waals surface area contributed by atoms with Gasteiger partial charge in [0.2, 0.25) is 0 Å². The van der Waals surface area contributed by atoms with Gasteiger partial charge >= 0.3 is 0 Å². The minimum Gasteiger partial charge on any atom is -0.0904 e. The third-order valence-corrected chi connectivity index (χ3v) is 9.26. The van der Waals surface area contributed by atoms with Crippen molar-refractivity contribution < 1.29 is 0 Å². The molecule has 0 fully saturated rings. The lowest BCUT2D eigenvalue weighted by Gasteiger charge is -2.27. The lowest BCUT2D eigenvalue weighted by atomic mass is 10.3. The van der Waals surface area contributed by atoms with E-state index in [4.69, 9.17) is 0 Å². The predicted octanol–water partition coefficient (Wildman–Crippen LogP) is 4.56. The summed E-state index contributed by atoms with van der Waals surface area (Å²) >= 11 is 1.83. The Morgan fingerprint density at radius 3 is 1.77 bits per heavy atom. The molecule has 0 saturated heterocycles. The molecule has 0 unspecified atom stereocenters. The van der Waals surface area contributed by atoms with Crippen molar-refractivity contribution in [1.82, 2.24) is 0 Å². The van der Waals surface area contributed by atoms with E-state index in [9.17, 15) is 0 Å². The molecule has 1 heterocycles. The van der Waals surface area contributed by atoms with Crippen molar-refractivity contribution in [3.05, 3.63) is 96.2 Å². The number of rotatable bonds is 2. The van der Waals surface area contributed by atoms with Crippen molar-refractivity contribution >= 4 is 34.9 Å². The lowest BCUT2D eigenvalue weighted by molar-refractivity contribution is 1.52. The number of thioether (sulfide) groups is 1. The van der Waals surface area contributed by atoms with Crippen LogP contribution in [0.25, 0.3) is 0 Å². The molecule has 0 aromatic heterocycles. The Morgan fingerprint density at radius 2 is 1.14 bits per heavy atom. The molecule has 106 valence electrons. The van der Waals surface area contributed by atoms with E-state index in [0.717, 1.165) is 0 Å². The van der Waals surface area contributed by atoms with Crippen LogP contribution in [0.4, 0.5) is 0 Å². The van der Waals surface area contributed by atoms with Gasteiger partial charge in [0.25, 0.3) is 0 Å². The molecule has 1 aliphatic rings. The van der Waals surface area contributed by atoms with E-state index in [0.29, 0.717) is 0 Å². The Bertz CT molecular complexity index is 770. The van der Waals surface area contributed by atoms with Crippen LogP contribution in [0.5, 0.6) is 0 Å². The van der Waals surface area contributed by atoms with Gasteiger partial charge in [-0.3, -0.25) is 0 Å². The molecule has 0 nitrogen and oxygen atoms in total. The number of hydrogen-bond donors (Lipinski definition) is 0. The summed E-state index contributed by atoms with van der Waals surface area (Å²) in [5.74, 6) is 2.45. The van der Waals surface area contributed by atoms with Gasteiger partial charge in [0.1, 0.15) is 23.2 Å². The fraction of sp³-hybridized carbons (Fsp3) is 0. The van der Waals surface area contributed by atoms with Gasteiger partial charge in [0.05, 0.1) is 10.7 Å². The zero-order chi connectivity index (χ0) is 14.8. The average molecular weight is 319 g/mol. The molecule has 0 atom stereocenters. The minimum absolute atomic E-state index is 1.38. The van der Waals surface area contributed by atoms with Crippen molar-refractivity contribution in [2.75, 3.05) is 0 Å². The molecular formula is C20H16PS+. The number of hydrogen-bond acceptors (Lipinski definition) is 1. The van der Waals surface area contributed by atoms with Crippen LogP contribution in [0.2, 0.25) is 0 Å². The maximum atomic E-state index is 2.45. The normalized spacial score (nSPS) is 15.3. The summed E-state index contributed by atoms with van der Waals surface area (Å²) in [6.07, 6.45) is 0. The molecule has 0 N–H and O–H groups in total. The van der Waals surface area contributed by atoms with Crippen LogP contribution in [-0.2, 0) is 0 Å². The maximum Gasteiger partial charge on any atom is 0.138 e. The maximum absolute atomic E-state index is 2.45. The van der Waals surface area contributed by atoms with Crippen molar-refractivity contribution in [3.8, 4) is 0 Å². The summed E-state index contributed by atoms with van der Waals surface area (Å²) in [6, 6.07) is 30.7. The molecule has 0 bridgehead atoms. The second-order valence-electron chi connectivity index (χ2n) is 5.26. The number of fused-ring (bicyclic) bond motifs is 1. The van der Waals surface area contributed by atoms with Crippen molar-refractivity contribution in [2.45, 2.75) is 4.90 Å². The highest BCUT2D eigenvalue weighted by atomic mass is 32.2. The summed E-state index contributed by atoms with van der Waals surface area (Å²) in [5, 5.41) is 6.59. The second-order valence-corrected chi connectivity index (χ2v) is 9.47. The number of benzene rings is 3. The molecule has 0 radical (unpaired) electrons. The van der Waals surface area contributed by atoms with E-state index in [2.05, 4.69) is 96.2 Å². The SMILES string of the molecule is C1=C[P+](c2ccccc2)(c2ccccc2)c2ccccc2S1. The Kier molecular flexibility index (Phi) is 3.62. The van der Waals surface area contributed by atoms with Crippen LogP contribution in [-0.4, -0.2) is 0 Å². The van der Waals surface area contributed by atoms with Gasteiger partial charge in [-0.25, -0.2) is 0 Å². The summed E-state index contributed by atoms with van der Waals surface area (Å²) in [4.78, 5) is 1.38. The predicted molar refractivity (Wildman–Crippen MR) is 100 cm³/mol. The van der Waals surface area contributed by atoms with Crippen molar-refractivity contribution in [3.63, 3.8) is 0 Å². The van der Waals surface area contributed by atoms with E-state index in [1.165, 1.54) is 20.8 Å². The quantitative estimate of drug-likeness (QED) is 0.624. The first-order chi connectivity index (χ1) is 10.9. The van der Waals surface area contributed by atoms with Crippen LogP contribution in [0.1, 0.15) is 0 Å². The fourth-order valence-corrected chi connectivity index (χ4v) is 8.49. The van der Waals surface area contributed by atoms with Gasteiger partial charge in [-0.15, -0.1) is 0 Å². The summed E-state index contributed by atoms with van der Waals surface area (Å²) in [5.41, 5.74) is 0. The second kappa shape index (κ2) is 5.76. The highest BCUT2D eigenvalue weighted by Crippen LogP contribution is 2.60. The molecule has 3 aromatic rings. The van der Waals surface area contributed by atoms with E-state index < -0.39 is 7.26 Å². The molecule has 3 aromatic carbocycles. The van der Waals surface area contributed by atoms with Crippen LogP contribution < -0.4 is 15.9 Å². The smallest absolute Gasteiger partial charge is 0.0904 e. The summed E-state index contributed by atoms with van der Waals surface area (Å²) in [6.45, 7) is 0. The largest absolute Gasteiger partial charge is 0.138 e. The van der Waals surface area contributed by atoms with Crippen LogP contribution >= 0.6 is 19.0 Å². The Hall–Kier alpha value is -1.82. The van der Waals surface area contributed by atoms with Gasteiger partial charge in [0, 0.05) is 5.41 Å². The standard InChI is InChI=1S/C20H16PS/c1-3-9-17(10-4-1)21(18-11-5-2-6-12-18)15-16-22-20-14-8-7-13-19(20)21/h1-16H/q+1. The minimum atomic E-state index is -1.69. The molecule has 0 aliphatic carbocycles. The fourth-order valence-electron chi connectivity index (χ4n) is 3.05. The van der Waals surface area contributed by atoms with Gasteiger partial charge < -0.3 is 0 Å². The topological polar surface area (TPSA) is 0 Å².